The molecule has 4 N–H and O–H groups in total. The van der Waals surface area contributed by atoms with Gasteiger partial charge in [0.2, 0.25) is 0 Å². The van der Waals surface area contributed by atoms with E-state index in [4.69, 9.17) is 4.74 Å². The van der Waals surface area contributed by atoms with Gasteiger partial charge in [0.25, 0.3) is 0 Å². The smallest absolute Gasteiger partial charge is 0.340 e. The van der Waals surface area contributed by atoms with E-state index in [1.165, 1.54) is 0 Å². The van der Waals surface area contributed by atoms with E-state index in [2.05, 4.69) is 0 Å². The number of carboxylic acid groups (broad SMARTS) is 4. The maximum absolute atomic E-state index is 13.8. The van der Waals surface area contributed by atoms with Gasteiger partial charge in [-0.25, -0.2) is 4.79 Å². The Balaban J connectivity index is 2.16. The van der Waals surface area contributed by atoms with Crippen LogP contribution >= 0.6 is 0 Å². The van der Waals surface area contributed by atoms with Crippen molar-refractivity contribution in [2.45, 2.75) is 72.1 Å². The predicted molar refractivity (Wildman–Crippen MR) is 174 cm³/mol. The fourth-order valence-electron chi connectivity index (χ4n) is 7.19. The maximum atomic E-state index is 13.8. The standard InChI is InChI=1S/C38H44N2O12/c1-19(2)24-11-29(21(5)26(35(24)49)13-39(15-31(41)42)16-32(43)44)38(28-10-8-7-9-23(28)37(51)52-38)30-12-25(20(3)4)36(50)27(22(30)6)14-40(17-33(45)46)18-34(47)48/h7-12,19-20,49-50H,13-18H2,1-6H3,(H,41,42)(H,43,44)(H,45,46)(H,47,48)/p-2. The molecular formula is C38H42N2O12-2. The van der Waals surface area contributed by atoms with Crippen LogP contribution in [0.1, 0.15) is 100.0 Å². The van der Waals surface area contributed by atoms with Gasteiger partial charge in [0.05, 0.1) is 40.6 Å². The van der Waals surface area contributed by atoms with Crippen LogP contribution in [0.15, 0.2) is 36.4 Å². The zero-order valence-electron chi connectivity index (χ0n) is 29.8. The van der Waals surface area contributed by atoms with Gasteiger partial charge < -0.3 is 64.4 Å². The number of ether oxygens (including phenoxy) is 1. The fraction of sp³-hybridized carbons (Fsp3) is 0.395. The highest BCUT2D eigenvalue weighted by molar-refractivity contribution is 5.96. The van der Waals surface area contributed by atoms with Crippen LogP contribution in [0.5, 0.6) is 11.5 Å². The highest BCUT2D eigenvalue weighted by atomic mass is 16.6. The number of phenols is 2. The van der Waals surface area contributed by atoms with Crippen LogP contribution in [0, 0.1) is 13.8 Å². The monoisotopic (exact) mass is 718 g/mol. The summed E-state index contributed by atoms with van der Waals surface area (Å²) in [5.41, 5.74) is 1.38. The van der Waals surface area contributed by atoms with Crippen molar-refractivity contribution in [2.24, 2.45) is 0 Å². The zero-order chi connectivity index (χ0) is 38.8. The summed E-state index contributed by atoms with van der Waals surface area (Å²) in [7, 11) is 0. The minimum absolute atomic E-state index is 0.00257. The molecule has 0 amide bonds. The van der Waals surface area contributed by atoms with Crippen LogP contribution in [-0.2, 0) is 42.6 Å². The van der Waals surface area contributed by atoms with Gasteiger partial charge in [-0.2, -0.15) is 0 Å². The molecule has 3 aromatic rings. The third-order valence-electron chi connectivity index (χ3n) is 9.64. The Bertz CT molecular complexity index is 1800. The van der Waals surface area contributed by atoms with E-state index < -0.39 is 61.6 Å². The Hall–Kier alpha value is -5.47. The number of carboxylic acids is 4. The summed E-state index contributed by atoms with van der Waals surface area (Å²) < 4.78 is 6.45. The topological polar surface area (TPSA) is 236 Å². The maximum Gasteiger partial charge on any atom is 0.340 e. The Labute approximate surface area is 300 Å². The van der Waals surface area contributed by atoms with Gasteiger partial charge >= 0.3 is 5.97 Å². The second-order valence-corrected chi connectivity index (χ2v) is 13.9. The molecule has 0 radical (unpaired) electrons. The number of nitrogens with one attached hydrogen (secondary N) is 2. The van der Waals surface area contributed by atoms with Gasteiger partial charge in [-0.3, -0.25) is 0 Å². The van der Waals surface area contributed by atoms with Crippen molar-refractivity contribution >= 4 is 29.8 Å². The van der Waals surface area contributed by atoms with Gasteiger partial charge in [-0.15, -0.1) is 0 Å². The Morgan fingerprint density at radius 1 is 0.673 bits per heavy atom. The van der Waals surface area contributed by atoms with Gasteiger partial charge in [-0.1, -0.05) is 45.9 Å². The van der Waals surface area contributed by atoms with E-state index in [0.29, 0.717) is 38.9 Å². The number of benzene rings is 3. The number of quaternary nitrogens is 2. The number of cyclic esters (lactones) is 1. The van der Waals surface area contributed by atoms with Crippen LogP contribution in [0.3, 0.4) is 0 Å². The summed E-state index contributed by atoms with van der Waals surface area (Å²) >= 11 is 0. The number of carbonyl (C=O) groups excluding carboxylic acids is 5. The van der Waals surface area contributed by atoms with Crippen molar-refractivity contribution in [3.8, 4) is 11.5 Å². The SMILES string of the molecule is Cc1c(C2(c3cc(C(C)C)c(O)c(C[NH+](CC(=O)[O-])CC(=O)[O-])c3C)OC(=O)c3ccccc32)cc(C(C)C)c(O)c1C[NH+](CC(=O)[O-])CC(=O)[O-]. The highest BCUT2D eigenvalue weighted by Crippen LogP contribution is 2.53. The molecule has 0 saturated carbocycles. The molecule has 1 aliphatic heterocycles. The lowest BCUT2D eigenvalue weighted by molar-refractivity contribution is -0.902. The minimum atomic E-state index is -1.79. The zero-order valence-corrected chi connectivity index (χ0v) is 29.8. The second kappa shape index (κ2) is 15.4. The Kier molecular flexibility index (Phi) is 11.7. The van der Waals surface area contributed by atoms with Crippen LogP contribution in [-0.4, -0.2) is 66.2 Å². The predicted octanol–water partition coefficient (Wildman–Crippen LogP) is -3.81. The number of aromatic hydroxyl groups is 2. The molecule has 0 bridgehead atoms. The molecule has 0 fully saturated rings. The van der Waals surface area contributed by atoms with E-state index in [1.807, 2.05) is 0 Å². The molecule has 14 heteroatoms. The number of phenolic OH excluding ortho intramolecular Hbond substituents is 2. The van der Waals surface area contributed by atoms with E-state index >= 15 is 0 Å². The van der Waals surface area contributed by atoms with Crippen molar-refractivity contribution in [3.63, 3.8) is 0 Å². The van der Waals surface area contributed by atoms with E-state index in [-0.39, 0.29) is 62.9 Å². The lowest BCUT2D eigenvalue weighted by Crippen LogP contribution is -3.13. The average molecular weight is 719 g/mol. The van der Waals surface area contributed by atoms with E-state index in [9.17, 15) is 54.6 Å². The average Bonchev–Trinajstić information content (AvgIpc) is 3.32. The van der Waals surface area contributed by atoms with Gasteiger partial charge in [0.15, 0.2) is 5.60 Å². The van der Waals surface area contributed by atoms with E-state index in [0.717, 1.165) is 0 Å². The van der Waals surface area contributed by atoms with E-state index in [1.54, 1.807) is 77.9 Å². The molecule has 3 aromatic carbocycles. The summed E-state index contributed by atoms with van der Waals surface area (Å²) in [6.07, 6.45) is 0. The van der Waals surface area contributed by atoms with Gasteiger partial charge in [0, 0.05) is 16.7 Å². The molecule has 0 saturated heterocycles. The Morgan fingerprint density at radius 3 is 1.38 bits per heavy atom. The third-order valence-corrected chi connectivity index (χ3v) is 9.64. The molecule has 52 heavy (non-hydrogen) atoms. The second-order valence-electron chi connectivity index (χ2n) is 13.9. The first-order valence-corrected chi connectivity index (χ1v) is 16.8. The number of hydrogen-bond acceptors (Lipinski definition) is 12. The van der Waals surface area contributed by atoms with Crippen molar-refractivity contribution in [2.75, 3.05) is 26.2 Å². The van der Waals surface area contributed by atoms with Crippen LogP contribution < -0.4 is 30.2 Å². The van der Waals surface area contributed by atoms with Crippen molar-refractivity contribution in [1.82, 2.24) is 0 Å². The molecule has 4 rings (SSSR count). The van der Waals surface area contributed by atoms with Crippen LogP contribution in [0.2, 0.25) is 0 Å². The summed E-state index contributed by atoms with van der Waals surface area (Å²) in [6, 6.07) is 9.98. The minimum Gasteiger partial charge on any atom is -0.544 e. The lowest BCUT2D eigenvalue weighted by Gasteiger charge is -2.36. The van der Waals surface area contributed by atoms with Crippen molar-refractivity contribution in [3.05, 3.63) is 92.0 Å². The molecule has 14 nitrogen and oxygen atoms in total. The van der Waals surface area contributed by atoms with Crippen LogP contribution in [0.4, 0.5) is 0 Å². The molecule has 0 aromatic heterocycles. The molecule has 1 heterocycles. The third kappa shape index (κ3) is 7.72. The summed E-state index contributed by atoms with van der Waals surface area (Å²) in [4.78, 5) is 60.3. The normalized spacial score (nSPS) is 13.5. The quantitative estimate of drug-likeness (QED) is 0.104. The number of hydrogen-bond donors (Lipinski definition) is 4. The molecule has 0 aliphatic carbocycles. The van der Waals surface area contributed by atoms with Crippen LogP contribution in [0.25, 0.3) is 0 Å². The first-order valence-electron chi connectivity index (χ1n) is 16.8. The molecule has 0 atom stereocenters. The fourth-order valence-corrected chi connectivity index (χ4v) is 7.19. The lowest BCUT2D eigenvalue weighted by atomic mass is 9.73. The number of rotatable bonds is 16. The largest absolute Gasteiger partial charge is 0.544 e. The van der Waals surface area contributed by atoms with Gasteiger partial charge in [0.1, 0.15) is 50.8 Å². The summed E-state index contributed by atoms with van der Waals surface area (Å²) in [5.74, 6) is -7.88. The first kappa shape index (κ1) is 39.3. The summed E-state index contributed by atoms with van der Waals surface area (Å²) in [5, 5.41) is 69.8. The number of aliphatic carboxylic acids is 4. The van der Waals surface area contributed by atoms with Gasteiger partial charge in [-0.05, 0) is 66.1 Å². The number of carbonyl (C=O) groups is 5. The molecular weight excluding hydrogens is 676 g/mol. The van der Waals surface area contributed by atoms with Crippen molar-refractivity contribution < 1.29 is 69.1 Å². The number of esters is 1. The highest BCUT2D eigenvalue weighted by Gasteiger charge is 2.51. The molecule has 0 spiro atoms. The molecule has 278 valence electrons. The first-order chi connectivity index (χ1) is 24.3. The van der Waals surface area contributed by atoms with Crippen molar-refractivity contribution in [1.29, 1.82) is 0 Å². The summed E-state index contributed by atoms with van der Waals surface area (Å²) in [6.45, 7) is 7.03. The molecule has 0 unspecified atom stereocenters. The number of fused-ring (bicyclic) bond motifs is 1. The Morgan fingerprint density at radius 2 is 1.04 bits per heavy atom. The molecule has 1 aliphatic rings.